The van der Waals surface area contributed by atoms with Crippen molar-refractivity contribution in [3.05, 3.63) is 54.0 Å². The van der Waals surface area contributed by atoms with E-state index < -0.39 is 0 Å². The fourth-order valence-electron chi connectivity index (χ4n) is 1.42. The smallest absolute Gasteiger partial charge is 0.146 e. The molecule has 18 heavy (non-hydrogen) atoms. The summed E-state index contributed by atoms with van der Waals surface area (Å²) in [5, 5.41) is 7.87. The number of hydrogen-bond donors (Lipinski definition) is 0. The molecule has 1 aromatic carbocycles. The summed E-state index contributed by atoms with van der Waals surface area (Å²) in [4.78, 5) is 0. The monoisotopic (exact) mass is 242 g/mol. The molecule has 1 aromatic heterocycles. The van der Waals surface area contributed by atoms with Gasteiger partial charge >= 0.3 is 0 Å². The number of furan rings is 1. The molecule has 1 heterocycles. The summed E-state index contributed by atoms with van der Waals surface area (Å²) >= 11 is 0. The average Bonchev–Trinajstić information content (AvgIpc) is 2.90. The highest BCUT2D eigenvalue weighted by atomic mass is 16.5. The third-order valence-electron chi connectivity index (χ3n) is 2.21. The third kappa shape index (κ3) is 3.31. The van der Waals surface area contributed by atoms with Crippen LogP contribution in [0, 0.1) is 0 Å². The first kappa shape index (κ1) is 12.1. The van der Waals surface area contributed by atoms with E-state index in [4.69, 9.17) is 9.15 Å². The van der Waals surface area contributed by atoms with Crippen LogP contribution in [0.2, 0.25) is 0 Å². The van der Waals surface area contributed by atoms with Crippen molar-refractivity contribution >= 4 is 12.4 Å². The lowest BCUT2D eigenvalue weighted by atomic mass is 10.2. The van der Waals surface area contributed by atoms with Gasteiger partial charge in [-0.15, -0.1) is 0 Å². The first-order valence-corrected chi connectivity index (χ1v) is 5.72. The van der Waals surface area contributed by atoms with Crippen LogP contribution in [0.25, 0.3) is 0 Å². The molecule has 0 aliphatic carbocycles. The van der Waals surface area contributed by atoms with Crippen LogP contribution in [-0.2, 0) is 0 Å². The van der Waals surface area contributed by atoms with E-state index in [2.05, 4.69) is 10.2 Å². The van der Waals surface area contributed by atoms with E-state index in [0.717, 1.165) is 11.3 Å². The molecule has 0 radical (unpaired) electrons. The van der Waals surface area contributed by atoms with Crippen molar-refractivity contribution in [1.29, 1.82) is 0 Å². The van der Waals surface area contributed by atoms with Gasteiger partial charge in [-0.25, -0.2) is 0 Å². The molecular formula is C14H14N2O2. The molecule has 0 saturated carbocycles. The van der Waals surface area contributed by atoms with Crippen molar-refractivity contribution in [3.8, 4) is 5.75 Å². The van der Waals surface area contributed by atoms with Crippen LogP contribution in [0.5, 0.6) is 5.75 Å². The Morgan fingerprint density at radius 2 is 1.94 bits per heavy atom. The fourth-order valence-corrected chi connectivity index (χ4v) is 1.42. The molecule has 0 saturated heterocycles. The van der Waals surface area contributed by atoms with Crippen molar-refractivity contribution in [2.24, 2.45) is 10.2 Å². The zero-order valence-corrected chi connectivity index (χ0v) is 10.1. The highest BCUT2D eigenvalue weighted by molar-refractivity contribution is 5.84. The number of para-hydroxylation sites is 1. The van der Waals surface area contributed by atoms with Gasteiger partial charge in [0.25, 0.3) is 0 Å². The standard InChI is InChI=1S/C14H14N2O2/c1-2-17-14-8-4-3-6-12(14)10-15-16-11-13-7-5-9-18-13/h3-11H,2H2,1H3. The quantitative estimate of drug-likeness (QED) is 0.597. The van der Waals surface area contributed by atoms with Gasteiger partial charge in [0.05, 0.1) is 25.3 Å². The third-order valence-corrected chi connectivity index (χ3v) is 2.21. The normalized spacial score (nSPS) is 11.4. The Kier molecular flexibility index (Phi) is 4.30. The van der Waals surface area contributed by atoms with Crippen LogP contribution in [0.15, 0.2) is 57.3 Å². The average molecular weight is 242 g/mol. The van der Waals surface area contributed by atoms with Gasteiger partial charge in [0.15, 0.2) is 0 Å². The summed E-state index contributed by atoms with van der Waals surface area (Å²) in [6.07, 6.45) is 4.81. The van der Waals surface area contributed by atoms with Gasteiger partial charge < -0.3 is 9.15 Å². The summed E-state index contributed by atoms with van der Waals surface area (Å²) < 4.78 is 10.6. The zero-order chi connectivity index (χ0) is 12.6. The summed E-state index contributed by atoms with van der Waals surface area (Å²) in [5.41, 5.74) is 0.899. The van der Waals surface area contributed by atoms with Crippen molar-refractivity contribution < 1.29 is 9.15 Å². The zero-order valence-electron chi connectivity index (χ0n) is 10.1. The first-order valence-electron chi connectivity index (χ1n) is 5.72. The molecule has 0 bridgehead atoms. The maximum absolute atomic E-state index is 5.48. The number of ether oxygens (including phenoxy) is 1. The fraction of sp³-hybridized carbons (Fsp3) is 0.143. The minimum absolute atomic E-state index is 0.626. The van der Waals surface area contributed by atoms with Gasteiger partial charge in [0.1, 0.15) is 11.5 Å². The van der Waals surface area contributed by atoms with Crippen LogP contribution < -0.4 is 4.74 Å². The molecule has 4 heteroatoms. The van der Waals surface area contributed by atoms with E-state index in [1.54, 1.807) is 24.8 Å². The van der Waals surface area contributed by atoms with Gasteiger partial charge in [-0.2, -0.15) is 10.2 Å². The van der Waals surface area contributed by atoms with E-state index in [9.17, 15) is 0 Å². The molecule has 0 spiro atoms. The molecule has 0 atom stereocenters. The Balaban J connectivity index is 2.04. The van der Waals surface area contributed by atoms with Crippen LogP contribution >= 0.6 is 0 Å². The van der Waals surface area contributed by atoms with E-state index in [1.165, 1.54) is 0 Å². The maximum atomic E-state index is 5.48. The lowest BCUT2D eigenvalue weighted by Gasteiger charge is -2.04. The SMILES string of the molecule is CCOc1ccccc1C=NN=Cc1ccco1. The Hall–Kier alpha value is -2.36. The maximum Gasteiger partial charge on any atom is 0.146 e. The summed E-state index contributed by atoms with van der Waals surface area (Å²) in [7, 11) is 0. The number of nitrogens with zero attached hydrogens (tertiary/aromatic N) is 2. The van der Waals surface area contributed by atoms with Crippen molar-refractivity contribution in [2.45, 2.75) is 6.92 Å². The number of hydrogen-bond acceptors (Lipinski definition) is 4. The molecule has 0 unspecified atom stereocenters. The highest BCUT2D eigenvalue weighted by Crippen LogP contribution is 2.15. The van der Waals surface area contributed by atoms with Gasteiger partial charge in [-0.1, -0.05) is 12.1 Å². The Bertz CT molecular complexity index is 530. The predicted octanol–water partition coefficient (Wildman–Crippen LogP) is 3.13. The van der Waals surface area contributed by atoms with E-state index in [0.29, 0.717) is 12.4 Å². The second-order valence-corrected chi connectivity index (χ2v) is 3.48. The van der Waals surface area contributed by atoms with Gasteiger partial charge in [-0.3, -0.25) is 0 Å². The number of benzene rings is 1. The van der Waals surface area contributed by atoms with Crippen LogP contribution in [-0.4, -0.2) is 19.0 Å². The van der Waals surface area contributed by atoms with Gasteiger partial charge in [-0.05, 0) is 31.2 Å². The lowest BCUT2D eigenvalue weighted by Crippen LogP contribution is -1.95. The topological polar surface area (TPSA) is 47.1 Å². The molecule has 4 nitrogen and oxygen atoms in total. The first-order chi connectivity index (χ1) is 8.90. The minimum atomic E-state index is 0.626. The lowest BCUT2D eigenvalue weighted by molar-refractivity contribution is 0.340. The molecule has 0 aliphatic heterocycles. The molecule has 2 aromatic rings. The van der Waals surface area contributed by atoms with E-state index >= 15 is 0 Å². The van der Waals surface area contributed by atoms with Crippen LogP contribution in [0.3, 0.4) is 0 Å². The molecule has 2 rings (SSSR count). The minimum Gasteiger partial charge on any atom is -0.493 e. The summed E-state index contributed by atoms with van der Waals surface area (Å²) in [6.45, 7) is 2.57. The molecular weight excluding hydrogens is 228 g/mol. The van der Waals surface area contributed by atoms with E-state index in [-0.39, 0.29) is 0 Å². The summed E-state index contributed by atoms with van der Waals surface area (Å²) in [6, 6.07) is 11.3. The predicted molar refractivity (Wildman–Crippen MR) is 71.5 cm³/mol. The second kappa shape index (κ2) is 6.39. The van der Waals surface area contributed by atoms with Crippen LogP contribution in [0.4, 0.5) is 0 Å². The van der Waals surface area contributed by atoms with Crippen LogP contribution in [0.1, 0.15) is 18.2 Å². The Labute approximate surface area is 106 Å². The molecule has 0 aliphatic rings. The van der Waals surface area contributed by atoms with E-state index in [1.807, 2.05) is 37.3 Å². The second-order valence-electron chi connectivity index (χ2n) is 3.48. The van der Waals surface area contributed by atoms with Crippen molar-refractivity contribution in [2.75, 3.05) is 6.61 Å². The van der Waals surface area contributed by atoms with Crippen molar-refractivity contribution in [1.82, 2.24) is 0 Å². The van der Waals surface area contributed by atoms with Gasteiger partial charge in [0, 0.05) is 5.56 Å². The molecule has 0 fully saturated rings. The molecule has 0 amide bonds. The Morgan fingerprint density at radius 3 is 2.72 bits per heavy atom. The number of rotatable bonds is 5. The Morgan fingerprint density at radius 1 is 1.11 bits per heavy atom. The summed E-state index contributed by atoms with van der Waals surface area (Å²) in [5.74, 6) is 1.47. The largest absolute Gasteiger partial charge is 0.493 e. The van der Waals surface area contributed by atoms with Crippen molar-refractivity contribution in [3.63, 3.8) is 0 Å². The van der Waals surface area contributed by atoms with Gasteiger partial charge in [0.2, 0.25) is 0 Å². The molecule has 0 N–H and O–H groups in total. The highest BCUT2D eigenvalue weighted by Gasteiger charge is 1.97. The molecule has 92 valence electrons.